The van der Waals surface area contributed by atoms with Gasteiger partial charge < -0.3 is 10.0 Å². The summed E-state index contributed by atoms with van der Waals surface area (Å²) in [6.07, 6.45) is 1.42. The minimum atomic E-state index is -0.940. The number of thioether (sulfide) groups is 1. The Labute approximate surface area is 172 Å². The number of carbonyl (C=O) groups excluding carboxylic acids is 2. The second-order valence-corrected chi connectivity index (χ2v) is 9.22. The number of rotatable bonds is 3. The number of anilines is 1. The van der Waals surface area contributed by atoms with Gasteiger partial charge >= 0.3 is 6.09 Å². The van der Waals surface area contributed by atoms with Crippen molar-refractivity contribution in [1.82, 2.24) is 10.2 Å². The Bertz CT molecular complexity index is 865. The number of nitrogens with one attached hydrogen (secondary N) is 1. The molecule has 0 radical (unpaired) electrons. The van der Waals surface area contributed by atoms with Crippen LogP contribution < -0.4 is 10.2 Å². The maximum Gasteiger partial charge on any atom is 0.408 e. The molecule has 0 unspecified atom stereocenters. The van der Waals surface area contributed by atoms with Crippen molar-refractivity contribution in [3.63, 3.8) is 0 Å². The van der Waals surface area contributed by atoms with Gasteiger partial charge in [-0.25, -0.2) is 4.79 Å². The van der Waals surface area contributed by atoms with Crippen LogP contribution in [0.15, 0.2) is 23.1 Å². The minimum absolute atomic E-state index is 0.150. The summed E-state index contributed by atoms with van der Waals surface area (Å²) in [7, 11) is 0. The maximum absolute atomic E-state index is 11.9. The van der Waals surface area contributed by atoms with Crippen molar-refractivity contribution in [2.45, 2.75) is 38.8 Å². The number of hydrogen-bond donors (Lipinski definition) is 2. The number of carbonyl (C=O) groups is 3. The van der Waals surface area contributed by atoms with Gasteiger partial charge in [0.25, 0.3) is 11.1 Å². The molecule has 9 heteroatoms. The molecule has 1 aromatic carbocycles. The Kier molecular flexibility index (Phi) is 5.63. The van der Waals surface area contributed by atoms with Crippen LogP contribution >= 0.6 is 23.4 Å². The average molecular weight is 424 g/mol. The number of halogens is 1. The van der Waals surface area contributed by atoms with Crippen LogP contribution in [0.5, 0.6) is 0 Å². The van der Waals surface area contributed by atoms with Crippen LogP contribution in [-0.4, -0.2) is 51.9 Å². The summed E-state index contributed by atoms with van der Waals surface area (Å²) in [6, 6.07) is 5.18. The Morgan fingerprint density at radius 1 is 1.39 bits per heavy atom. The van der Waals surface area contributed by atoms with Gasteiger partial charge in [-0.2, -0.15) is 0 Å². The number of benzene rings is 1. The topological polar surface area (TPSA) is 90.0 Å². The lowest BCUT2D eigenvalue weighted by molar-refractivity contribution is -0.115. The predicted molar refractivity (Wildman–Crippen MR) is 111 cm³/mol. The van der Waals surface area contributed by atoms with E-state index in [1.54, 1.807) is 24.3 Å². The van der Waals surface area contributed by atoms with Gasteiger partial charge in [0.05, 0.1) is 10.9 Å². The summed E-state index contributed by atoms with van der Waals surface area (Å²) in [5.74, 6) is -0.417. The van der Waals surface area contributed by atoms with Crippen LogP contribution in [-0.2, 0) is 4.79 Å². The summed E-state index contributed by atoms with van der Waals surface area (Å²) in [5, 5.41) is 12.1. The standard InChI is InChI=1S/C19H22ClN3O4S/c1-19(2,3)23(18(26)27)13-6-7-22(10-13)14-9-12(20)5-4-11(14)8-15-16(24)21-17(25)28-15/h4-5,8-9,13H,6-7,10H2,1-3H3,(H,26,27)(H,21,24,25)/b15-8-/t13-/m0/s1. The molecule has 7 nitrogen and oxygen atoms in total. The molecule has 0 aromatic heterocycles. The van der Waals surface area contributed by atoms with Crippen molar-refractivity contribution in [3.8, 4) is 0 Å². The molecule has 2 aliphatic rings. The SMILES string of the molecule is CC(C)(C)N(C(=O)O)[C@H]1CCN(c2cc(Cl)ccc2/C=C2\SC(=O)NC2=O)C1. The monoisotopic (exact) mass is 423 g/mol. The summed E-state index contributed by atoms with van der Waals surface area (Å²) in [5.41, 5.74) is 1.06. The zero-order valence-corrected chi connectivity index (χ0v) is 17.4. The lowest BCUT2D eigenvalue weighted by Crippen LogP contribution is -2.52. The number of carboxylic acid groups (broad SMARTS) is 1. The average Bonchev–Trinajstić information content (AvgIpc) is 3.14. The van der Waals surface area contributed by atoms with E-state index in [4.69, 9.17) is 11.6 Å². The molecule has 2 aliphatic heterocycles. The zero-order chi connectivity index (χ0) is 20.6. The molecule has 0 aliphatic carbocycles. The van der Waals surface area contributed by atoms with Crippen LogP contribution in [0.4, 0.5) is 15.3 Å². The highest BCUT2D eigenvalue weighted by atomic mass is 35.5. The predicted octanol–water partition coefficient (Wildman–Crippen LogP) is 4.02. The van der Waals surface area contributed by atoms with Crippen molar-refractivity contribution in [2.75, 3.05) is 18.0 Å². The van der Waals surface area contributed by atoms with E-state index in [1.807, 2.05) is 20.8 Å². The molecule has 2 saturated heterocycles. The number of imide groups is 1. The van der Waals surface area contributed by atoms with Gasteiger partial charge in [-0.1, -0.05) is 17.7 Å². The van der Waals surface area contributed by atoms with Crippen LogP contribution in [0.3, 0.4) is 0 Å². The molecule has 2 heterocycles. The third kappa shape index (κ3) is 4.28. The van der Waals surface area contributed by atoms with E-state index in [2.05, 4.69) is 10.2 Å². The van der Waals surface area contributed by atoms with Crippen molar-refractivity contribution in [1.29, 1.82) is 0 Å². The lowest BCUT2D eigenvalue weighted by atomic mass is 10.0. The van der Waals surface area contributed by atoms with Gasteiger partial charge in [-0.15, -0.1) is 0 Å². The smallest absolute Gasteiger partial charge is 0.408 e. The summed E-state index contributed by atoms with van der Waals surface area (Å²) < 4.78 is 0. The van der Waals surface area contributed by atoms with E-state index in [9.17, 15) is 19.5 Å². The first kappa shape index (κ1) is 20.5. The fourth-order valence-electron chi connectivity index (χ4n) is 3.64. The molecule has 0 saturated carbocycles. The van der Waals surface area contributed by atoms with Gasteiger partial charge in [0.15, 0.2) is 0 Å². The van der Waals surface area contributed by atoms with E-state index in [0.717, 1.165) is 23.0 Å². The van der Waals surface area contributed by atoms with Crippen molar-refractivity contribution >= 4 is 52.4 Å². The quantitative estimate of drug-likeness (QED) is 0.713. The highest BCUT2D eigenvalue weighted by Gasteiger charge is 2.37. The zero-order valence-electron chi connectivity index (χ0n) is 15.9. The molecular weight excluding hydrogens is 402 g/mol. The third-order valence-electron chi connectivity index (χ3n) is 4.72. The Balaban J connectivity index is 1.89. The summed E-state index contributed by atoms with van der Waals surface area (Å²) in [6.45, 7) is 6.83. The number of hydrogen-bond acceptors (Lipinski definition) is 5. The highest BCUT2D eigenvalue weighted by molar-refractivity contribution is 8.18. The first-order chi connectivity index (χ1) is 13.1. The molecule has 0 bridgehead atoms. The third-order valence-corrected chi connectivity index (χ3v) is 5.76. The molecule has 3 rings (SSSR count). The van der Waals surface area contributed by atoms with Gasteiger partial charge in [0, 0.05) is 29.3 Å². The van der Waals surface area contributed by atoms with Crippen LogP contribution in [0.25, 0.3) is 6.08 Å². The van der Waals surface area contributed by atoms with Gasteiger partial charge in [-0.3, -0.25) is 19.8 Å². The summed E-state index contributed by atoms with van der Waals surface area (Å²) in [4.78, 5) is 39.0. The molecule has 2 N–H and O–H groups in total. The van der Waals surface area contributed by atoms with Gasteiger partial charge in [0.2, 0.25) is 0 Å². The van der Waals surface area contributed by atoms with Crippen molar-refractivity contribution in [3.05, 3.63) is 33.7 Å². The maximum atomic E-state index is 11.9. The molecule has 0 spiro atoms. The number of nitrogens with zero attached hydrogens (tertiary/aromatic N) is 2. The molecule has 1 atom stereocenters. The highest BCUT2D eigenvalue weighted by Crippen LogP contribution is 2.34. The lowest BCUT2D eigenvalue weighted by Gasteiger charge is -2.38. The van der Waals surface area contributed by atoms with Gasteiger partial charge in [0.1, 0.15) is 0 Å². The molecule has 3 amide bonds. The second kappa shape index (κ2) is 7.67. The largest absolute Gasteiger partial charge is 0.465 e. The van der Waals surface area contributed by atoms with Crippen molar-refractivity contribution < 1.29 is 19.5 Å². The van der Waals surface area contributed by atoms with Crippen LogP contribution in [0, 0.1) is 0 Å². The van der Waals surface area contributed by atoms with E-state index in [1.165, 1.54) is 4.90 Å². The summed E-state index contributed by atoms with van der Waals surface area (Å²) >= 11 is 7.06. The van der Waals surface area contributed by atoms with Gasteiger partial charge in [-0.05, 0) is 62.7 Å². The molecular formula is C19H22ClN3O4S. The van der Waals surface area contributed by atoms with Crippen LogP contribution in [0.2, 0.25) is 5.02 Å². The van der Waals surface area contributed by atoms with E-state index < -0.39 is 22.8 Å². The van der Waals surface area contributed by atoms with E-state index >= 15 is 0 Å². The fraction of sp³-hybridized carbons (Fsp3) is 0.421. The Morgan fingerprint density at radius 2 is 2.11 bits per heavy atom. The Morgan fingerprint density at radius 3 is 2.68 bits per heavy atom. The fourth-order valence-corrected chi connectivity index (χ4v) is 4.48. The van der Waals surface area contributed by atoms with Crippen molar-refractivity contribution in [2.24, 2.45) is 0 Å². The van der Waals surface area contributed by atoms with E-state index in [-0.39, 0.29) is 6.04 Å². The second-order valence-electron chi connectivity index (χ2n) is 7.77. The Hall–Kier alpha value is -2.19. The molecule has 150 valence electrons. The molecule has 1 aromatic rings. The van der Waals surface area contributed by atoms with E-state index in [0.29, 0.717) is 29.4 Å². The first-order valence-electron chi connectivity index (χ1n) is 8.88. The molecule has 2 fully saturated rings. The first-order valence-corrected chi connectivity index (χ1v) is 10.1. The van der Waals surface area contributed by atoms with Crippen LogP contribution in [0.1, 0.15) is 32.8 Å². The normalized spacial score (nSPS) is 21.4. The number of amides is 3. The minimum Gasteiger partial charge on any atom is -0.465 e. The molecule has 28 heavy (non-hydrogen) atoms.